The molecule has 1 unspecified atom stereocenters. The van der Waals surface area contributed by atoms with Gasteiger partial charge in [-0.3, -0.25) is 4.79 Å². The van der Waals surface area contributed by atoms with Crippen molar-refractivity contribution >= 4 is 39.7 Å². The van der Waals surface area contributed by atoms with Crippen LogP contribution in [0.15, 0.2) is 6.07 Å². The zero-order valence-corrected chi connectivity index (χ0v) is 13.1. The van der Waals surface area contributed by atoms with Crippen molar-refractivity contribution in [2.45, 2.75) is 25.5 Å². The molecule has 2 heterocycles. The molecule has 6 heteroatoms. The van der Waals surface area contributed by atoms with E-state index in [0.29, 0.717) is 22.4 Å². The van der Waals surface area contributed by atoms with Crippen LogP contribution in [0, 0.1) is 0 Å². The minimum atomic E-state index is -0.0605. The number of amides is 1. The first-order valence-corrected chi connectivity index (χ1v) is 8.56. The molecule has 1 amide bonds. The smallest absolute Gasteiger partial charge is 0.263 e. The number of carbonyl (C=O) groups excluding carboxylic acids is 1. The Morgan fingerprint density at radius 1 is 1.58 bits per heavy atom. The van der Waals surface area contributed by atoms with Crippen LogP contribution in [0.25, 0.3) is 0 Å². The van der Waals surface area contributed by atoms with E-state index in [1.54, 1.807) is 0 Å². The second-order valence-corrected chi connectivity index (χ2v) is 7.01. The van der Waals surface area contributed by atoms with Crippen LogP contribution in [0.3, 0.4) is 0 Å². The first kappa shape index (κ1) is 14.5. The summed E-state index contributed by atoms with van der Waals surface area (Å²) in [6.07, 6.45) is 1.19. The summed E-state index contributed by atoms with van der Waals surface area (Å²) in [7, 11) is 0. The Morgan fingerprint density at radius 3 is 3.05 bits per heavy atom. The molecule has 1 aromatic heterocycles. The molecule has 0 spiro atoms. The van der Waals surface area contributed by atoms with Gasteiger partial charge >= 0.3 is 0 Å². The molecule has 1 aliphatic rings. The van der Waals surface area contributed by atoms with Crippen LogP contribution in [-0.4, -0.2) is 36.5 Å². The summed E-state index contributed by atoms with van der Waals surface area (Å²) in [5.41, 5.74) is 6.56. The Morgan fingerprint density at radius 2 is 2.37 bits per heavy atom. The molecule has 1 aliphatic heterocycles. The summed E-state index contributed by atoms with van der Waals surface area (Å²) < 4.78 is 0. The highest BCUT2D eigenvalue weighted by Gasteiger charge is 2.22. The highest BCUT2D eigenvalue weighted by Crippen LogP contribution is 2.35. The number of hydrogen-bond donors (Lipinski definition) is 2. The zero-order valence-electron chi connectivity index (χ0n) is 11.4. The van der Waals surface area contributed by atoms with E-state index in [2.05, 4.69) is 17.1 Å². The number of nitrogens with one attached hydrogen (secondary N) is 1. The third-order valence-electron chi connectivity index (χ3n) is 3.20. The monoisotopic (exact) mass is 299 g/mol. The Kier molecular flexibility index (Phi) is 4.99. The molecule has 0 bridgehead atoms. The summed E-state index contributed by atoms with van der Waals surface area (Å²) >= 11 is 3.55. The summed E-state index contributed by atoms with van der Waals surface area (Å²) in [5, 5.41) is 4.62. The molecule has 3 N–H and O–H groups in total. The number of thiophene rings is 1. The molecule has 0 saturated carbocycles. The highest BCUT2D eigenvalue weighted by molar-refractivity contribution is 8.00. The minimum Gasteiger partial charge on any atom is -0.397 e. The van der Waals surface area contributed by atoms with Crippen molar-refractivity contribution in [2.75, 3.05) is 36.0 Å². The number of nitrogens with zero attached hydrogens (tertiary/aromatic N) is 1. The molecular weight excluding hydrogens is 278 g/mol. The summed E-state index contributed by atoms with van der Waals surface area (Å²) in [6, 6.07) is 1.94. The lowest BCUT2D eigenvalue weighted by Gasteiger charge is -2.32. The molecule has 1 aromatic rings. The second-order valence-electron chi connectivity index (χ2n) is 4.58. The maximum Gasteiger partial charge on any atom is 0.263 e. The standard InChI is InChI=1S/C13H21N3OS2/c1-3-9-8-16(5-6-18-9)11-7-10(14)12(19-11)13(17)15-4-2/h7,9H,3-6,8,14H2,1-2H3,(H,15,17). The van der Waals surface area contributed by atoms with Gasteiger partial charge in [-0.25, -0.2) is 0 Å². The van der Waals surface area contributed by atoms with Crippen LogP contribution in [0.2, 0.25) is 0 Å². The van der Waals surface area contributed by atoms with Crippen LogP contribution in [0.4, 0.5) is 10.7 Å². The van der Waals surface area contributed by atoms with Gasteiger partial charge < -0.3 is 16.0 Å². The average molecular weight is 299 g/mol. The maximum atomic E-state index is 11.9. The lowest BCUT2D eigenvalue weighted by molar-refractivity contribution is 0.0960. The fourth-order valence-electron chi connectivity index (χ4n) is 2.13. The van der Waals surface area contributed by atoms with E-state index in [0.717, 1.165) is 23.8 Å². The molecule has 19 heavy (non-hydrogen) atoms. The number of carbonyl (C=O) groups is 1. The predicted octanol–water partition coefficient (Wildman–Crippen LogP) is 2.41. The van der Waals surface area contributed by atoms with Crippen LogP contribution in [0.1, 0.15) is 29.9 Å². The number of nitrogens with two attached hydrogens (primary N) is 1. The van der Waals surface area contributed by atoms with E-state index in [1.165, 1.54) is 17.8 Å². The topological polar surface area (TPSA) is 58.4 Å². The largest absolute Gasteiger partial charge is 0.397 e. The van der Waals surface area contributed by atoms with E-state index in [9.17, 15) is 4.79 Å². The van der Waals surface area contributed by atoms with Gasteiger partial charge in [0.1, 0.15) is 4.88 Å². The third kappa shape index (κ3) is 3.36. The quantitative estimate of drug-likeness (QED) is 0.896. The van der Waals surface area contributed by atoms with Gasteiger partial charge in [0.05, 0.1) is 10.7 Å². The van der Waals surface area contributed by atoms with Crippen LogP contribution in [0.5, 0.6) is 0 Å². The fraction of sp³-hybridized carbons (Fsp3) is 0.615. The van der Waals surface area contributed by atoms with E-state index >= 15 is 0 Å². The summed E-state index contributed by atoms with van der Waals surface area (Å²) in [4.78, 5) is 14.9. The van der Waals surface area contributed by atoms with Crippen molar-refractivity contribution in [2.24, 2.45) is 0 Å². The molecule has 1 fully saturated rings. The predicted molar refractivity (Wildman–Crippen MR) is 85.5 cm³/mol. The minimum absolute atomic E-state index is 0.0605. The Balaban J connectivity index is 2.13. The van der Waals surface area contributed by atoms with Crippen molar-refractivity contribution in [1.82, 2.24) is 5.32 Å². The van der Waals surface area contributed by atoms with Gasteiger partial charge in [-0.2, -0.15) is 11.8 Å². The van der Waals surface area contributed by atoms with Gasteiger partial charge in [0.2, 0.25) is 0 Å². The zero-order chi connectivity index (χ0) is 13.8. The maximum absolute atomic E-state index is 11.9. The highest BCUT2D eigenvalue weighted by atomic mass is 32.2. The Bertz CT molecular complexity index is 447. The van der Waals surface area contributed by atoms with E-state index in [4.69, 9.17) is 5.73 Å². The van der Waals surface area contributed by atoms with Gasteiger partial charge in [0.25, 0.3) is 5.91 Å². The van der Waals surface area contributed by atoms with Gasteiger partial charge in [-0.15, -0.1) is 11.3 Å². The summed E-state index contributed by atoms with van der Waals surface area (Å²) in [6.45, 7) is 6.86. The van der Waals surface area contributed by atoms with E-state index < -0.39 is 0 Å². The lowest BCUT2D eigenvalue weighted by atomic mass is 10.3. The van der Waals surface area contributed by atoms with E-state index in [-0.39, 0.29) is 5.91 Å². The van der Waals surface area contributed by atoms with Crippen LogP contribution >= 0.6 is 23.1 Å². The van der Waals surface area contributed by atoms with Crippen LogP contribution < -0.4 is 16.0 Å². The Hall–Kier alpha value is -0.880. The number of nitrogen functional groups attached to an aromatic ring is 1. The molecule has 1 atom stereocenters. The van der Waals surface area contributed by atoms with Crippen molar-refractivity contribution in [3.63, 3.8) is 0 Å². The lowest BCUT2D eigenvalue weighted by Crippen LogP contribution is -2.37. The molecule has 4 nitrogen and oxygen atoms in total. The third-order valence-corrected chi connectivity index (χ3v) is 5.78. The molecular formula is C13H21N3OS2. The fourth-order valence-corrected chi connectivity index (χ4v) is 4.34. The first-order valence-electron chi connectivity index (χ1n) is 6.69. The molecule has 106 valence electrons. The molecule has 1 saturated heterocycles. The van der Waals surface area contributed by atoms with Crippen molar-refractivity contribution in [1.29, 1.82) is 0 Å². The summed E-state index contributed by atoms with van der Waals surface area (Å²) in [5.74, 6) is 1.09. The van der Waals surface area contributed by atoms with Crippen molar-refractivity contribution in [3.05, 3.63) is 10.9 Å². The van der Waals surface area contributed by atoms with Gasteiger partial charge in [0.15, 0.2) is 0 Å². The second kappa shape index (κ2) is 6.52. The number of thioether (sulfide) groups is 1. The SMILES string of the molecule is CCNC(=O)c1sc(N2CCSC(CC)C2)cc1N. The number of rotatable bonds is 4. The molecule has 0 aliphatic carbocycles. The van der Waals surface area contributed by atoms with E-state index in [1.807, 2.05) is 24.8 Å². The molecule has 0 radical (unpaired) electrons. The van der Waals surface area contributed by atoms with Gasteiger partial charge in [-0.1, -0.05) is 6.92 Å². The number of anilines is 2. The normalized spacial score (nSPS) is 19.5. The van der Waals surface area contributed by atoms with Crippen molar-refractivity contribution < 1.29 is 4.79 Å². The number of hydrogen-bond acceptors (Lipinski definition) is 5. The van der Waals surface area contributed by atoms with Crippen LogP contribution in [-0.2, 0) is 0 Å². The average Bonchev–Trinajstić information content (AvgIpc) is 2.81. The molecule has 0 aromatic carbocycles. The van der Waals surface area contributed by atoms with Crippen molar-refractivity contribution in [3.8, 4) is 0 Å². The first-order chi connectivity index (χ1) is 9.15. The molecule has 2 rings (SSSR count). The Labute approximate surface area is 122 Å². The van der Waals surface area contributed by atoms with Gasteiger partial charge in [-0.05, 0) is 19.4 Å². The van der Waals surface area contributed by atoms with Gasteiger partial charge in [0, 0.05) is 30.6 Å².